The van der Waals surface area contributed by atoms with Gasteiger partial charge in [0.2, 0.25) is 5.91 Å². The van der Waals surface area contributed by atoms with Crippen LogP contribution in [0.3, 0.4) is 0 Å². The molecule has 2 aliphatic rings. The molecule has 27 heavy (non-hydrogen) atoms. The van der Waals surface area contributed by atoms with Crippen molar-refractivity contribution in [2.45, 2.75) is 37.5 Å². The molecule has 1 aliphatic heterocycles. The van der Waals surface area contributed by atoms with Crippen LogP contribution in [-0.4, -0.2) is 48.8 Å². The Morgan fingerprint density at radius 1 is 1.07 bits per heavy atom. The van der Waals surface area contributed by atoms with Crippen LogP contribution in [0.4, 0.5) is 13.2 Å². The predicted molar refractivity (Wildman–Crippen MR) is 88.4 cm³/mol. The molecular formula is C16H18F3N3O4S. The van der Waals surface area contributed by atoms with Gasteiger partial charge in [0.1, 0.15) is 5.69 Å². The number of carbonyl (C=O) groups is 2. The van der Waals surface area contributed by atoms with Crippen molar-refractivity contribution >= 4 is 21.7 Å². The molecule has 1 aromatic rings. The zero-order valence-corrected chi connectivity index (χ0v) is 14.9. The summed E-state index contributed by atoms with van der Waals surface area (Å²) in [5.74, 6) is -1.76. The van der Waals surface area contributed by atoms with Crippen LogP contribution in [0.25, 0.3) is 0 Å². The van der Waals surface area contributed by atoms with Crippen LogP contribution in [0.2, 0.25) is 0 Å². The lowest BCUT2D eigenvalue weighted by molar-refractivity contribution is -0.141. The topological polar surface area (TPSA) is 105 Å². The van der Waals surface area contributed by atoms with E-state index >= 15 is 0 Å². The Morgan fingerprint density at radius 2 is 1.70 bits per heavy atom. The number of carbonyl (C=O) groups excluding carboxylic acids is 2. The first kappa shape index (κ1) is 19.6. The predicted octanol–water partition coefficient (Wildman–Crippen LogP) is 0.912. The fraction of sp³-hybridized carbons (Fsp3) is 0.562. The van der Waals surface area contributed by atoms with E-state index < -0.39 is 39.7 Å². The summed E-state index contributed by atoms with van der Waals surface area (Å²) in [6, 6.07) is 0.0236. The smallest absolute Gasteiger partial charge is 0.350 e. The van der Waals surface area contributed by atoms with Gasteiger partial charge >= 0.3 is 6.18 Å². The van der Waals surface area contributed by atoms with Gasteiger partial charge in [-0.1, -0.05) is 6.42 Å². The number of nitrogens with one attached hydrogen (secondary N) is 2. The number of halogens is 3. The summed E-state index contributed by atoms with van der Waals surface area (Å²) in [4.78, 5) is 27.6. The van der Waals surface area contributed by atoms with E-state index in [0.717, 1.165) is 31.5 Å². The number of alkyl halides is 3. The number of hydrogen-bond acceptors (Lipinski definition) is 5. The molecule has 2 amide bonds. The number of rotatable bonds is 4. The third kappa shape index (κ3) is 4.57. The van der Waals surface area contributed by atoms with Gasteiger partial charge in [0.05, 0.1) is 29.2 Å². The van der Waals surface area contributed by atoms with Crippen molar-refractivity contribution in [1.29, 1.82) is 0 Å². The van der Waals surface area contributed by atoms with Gasteiger partial charge in [-0.2, -0.15) is 13.2 Å². The third-order valence-electron chi connectivity index (χ3n) is 4.79. The van der Waals surface area contributed by atoms with Gasteiger partial charge in [-0.15, -0.1) is 0 Å². The maximum Gasteiger partial charge on any atom is 0.433 e. The van der Waals surface area contributed by atoms with Crippen LogP contribution in [0.15, 0.2) is 18.3 Å². The molecule has 0 radical (unpaired) electrons. The molecule has 1 saturated carbocycles. The fourth-order valence-electron chi connectivity index (χ4n) is 3.05. The van der Waals surface area contributed by atoms with Crippen molar-refractivity contribution in [2.75, 3.05) is 11.5 Å². The molecule has 7 nitrogen and oxygen atoms in total. The van der Waals surface area contributed by atoms with Crippen molar-refractivity contribution in [3.05, 3.63) is 29.6 Å². The average molecular weight is 405 g/mol. The SMILES string of the molecule is O=C(N[C@@H]1CS(=O)(=O)C[C@H]1NC(=O)C1CCC1)c1ccc(C(F)(F)F)nc1. The zero-order chi connectivity index (χ0) is 19.8. The standard InChI is InChI=1S/C16H18F3N3O4S/c17-16(18,19)13-5-4-10(6-20-13)15(24)22-12-8-27(25,26)7-11(12)21-14(23)9-2-1-3-9/h4-6,9,11-12H,1-3,7-8H2,(H,21,23)(H,22,24)/t11-,12-/m1/s1. The molecule has 2 fully saturated rings. The summed E-state index contributed by atoms with van der Waals surface area (Å²) in [7, 11) is -3.45. The summed E-state index contributed by atoms with van der Waals surface area (Å²) in [6.07, 6.45) is -1.39. The van der Waals surface area contributed by atoms with Crippen LogP contribution in [0.1, 0.15) is 35.3 Å². The minimum absolute atomic E-state index is 0.128. The molecule has 1 aromatic heterocycles. The molecule has 3 rings (SSSR count). The Balaban J connectivity index is 1.67. The maximum atomic E-state index is 12.5. The van der Waals surface area contributed by atoms with Crippen LogP contribution >= 0.6 is 0 Å². The molecule has 2 N–H and O–H groups in total. The summed E-state index contributed by atoms with van der Waals surface area (Å²) < 4.78 is 61.4. The second-order valence-electron chi connectivity index (χ2n) is 6.83. The summed E-state index contributed by atoms with van der Waals surface area (Å²) in [5, 5.41) is 5.16. The summed E-state index contributed by atoms with van der Waals surface area (Å²) >= 11 is 0. The molecule has 148 valence electrons. The number of sulfone groups is 1. The summed E-state index contributed by atoms with van der Waals surface area (Å²) in [6.45, 7) is 0. The van der Waals surface area contributed by atoms with Crippen molar-refractivity contribution < 1.29 is 31.2 Å². The monoisotopic (exact) mass is 405 g/mol. The van der Waals surface area contributed by atoms with Crippen molar-refractivity contribution in [1.82, 2.24) is 15.6 Å². The molecule has 0 bridgehead atoms. The van der Waals surface area contributed by atoms with Crippen molar-refractivity contribution in [3.8, 4) is 0 Å². The molecule has 0 aromatic carbocycles. The minimum atomic E-state index is -4.62. The van der Waals surface area contributed by atoms with E-state index in [1.165, 1.54) is 0 Å². The van der Waals surface area contributed by atoms with Gasteiger partial charge in [0.25, 0.3) is 5.91 Å². The Morgan fingerprint density at radius 3 is 2.19 bits per heavy atom. The molecule has 2 heterocycles. The molecular weight excluding hydrogens is 387 g/mol. The van der Waals surface area contributed by atoms with Crippen LogP contribution in [0, 0.1) is 5.92 Å². The van der Waals surface area contributed by atoms with Gasteiger partial charge in [-0.05, 0) is 25.0 Å². The zero-order valence-electron chi connectivity index (χ0n) is 14.1. The Bertz CT molecular complexity index is 835. The second-order valence-corrected chi connectivity index (χ2v) is 8.98. The normalized spacial score (nSPS) is 24.9. The number of hydrogen-bond donors (Lipinski definition) is 2. The molecule has 0 spiro atoms. The Kier molecular flexibility index (Phi) is 5.15. The second kappa shape index (κ2) is 7.10. The Labute approximate surface area is 153 Å². The van der Waals surface area contributed by atoms with Crippen molar-refractivity contribution in [2.24, 2.45) is 5.92 Å². The van der Waals surface area contributed by atoms with Crippen LogP contribution in [-0.2, 0) is 20.8 Å². The van der Waals surface area contributed by atoms with Crippen LogP contribution in [0.5, 0.6) is 0 Å². The third-order valence-corrected chi connectivity index (χ3v) is 6.52. The molecule has 2 atom stereocenters. The average Bonchev–Trinajstić information content (AvgIpc) is 2.78. The lowest BCUT2D eigenvalue weighted by Crippen LogP contribution is -2.52. The number of amides is 2. The fourth-order valence-corrected chi connectivity index (χ4v) is 4.91. The number of nitrogens with zero attached hydrogens (tertiary/aromatic N) is 1. The number of aromatic nitrogens is 1. The minimum Gasteiger partial charge on any atom is -0.350 e. The lowest BCUT2D eigenvalue weighted by Gasteiger charge is -2.28. The summed E-state index contributed by atoms with van der Waals surface area (Å²) in [5.41, 5.74) is -1.26. The van der Waals surface area contributed by atoms with E-state index in [4.69, 9.17) is 0 Å². The molecule has 1 aliphatic carbocycles. The first-order valence-corrected chi connectivity index (χ1v) is 10.2. The highest BCUT2D eigenvalue weighted by Crippen LogP contribution is 2.28. The van der Waals surface area contributed by atoms with Gasteiger partial charge in [0, 0.05) is 12.1 Å². The highest BCUT2D eigenvalue weighted by atomic mass is 32.2. The highest BCUT2D eigenvalue weighted by Gasteiger charge is 2.41. The van der Waals surface area contributed by atoms with Gasteiger partial charge in [-0.25, -0.2) is 8.42 Å². The van der Waals surface area contributed by atoms with E-state index in [2.05, 4.69) is 15.6 Å². The van der Waals surface area contributed by atoms with Gasteiger partial charge < -0.3 is 10.6 Å². The molecule has 0 unspecified atom stereocenters. The largest absolute Gasteiger partial charge is 0.433 e. The van der Waals surface area contributed by atoms with E-state index in [1.54, 1.807) is 0 Å². The van der Waals surface area contributed by atoms with Crippen LogP contribution < -0.4 is 10.6 Å². The van der Waals surface area contributed by atoms with Gasteiger partial charge in [0.15, 0.2) is 9.84 Å². The van der Waals surface area contributed by atoms with E-state index in [-0.39, 0.29) is 28.9 Å². The van der Waals surface area contributed by atoms with E-state index in [9.17, 15) is 31.2 Å². The van der Waals surface area contributed by atoms with Crippen molar-refractivity contribution in [3.63, 3.8) is 0 Å². The Hall–Kier alpha value is -2.17. The highest BCUT2D eigenvalue weighted by molar-refractivity contribution is 7.91. The van der Waals surface area contributed by atoms with Gasteiger partial charge in [-0.3, -0.25) is 14.6 Å². The first-order chi connectivity index (χ1) is 12.5. The van der Waals surface area contributed by atoms with E-state index in [0.29, 0.717) is 6.07 Å². The van der Waals surface area contributed by atoms with E-state index in [1.807, 2.05) is 0 Å². The first-order valence-electron chi connectivity index (χ1n) is 8.40. The maximum absolute atomic E-state index is 12.5. The molecule has 11 heteroatoms. The lowest BCUT2D eigenvalue weighted by atomic mass is 9.84. The molecule has 1 saturated heterocycles. The number of pyridine rings is 1. The quantitative estimate of drug-likeness (QED) is 0.775.